The maximum absolute atomic E-state index is 10.8. The van der Waals surface area contributed by atoms with Crippen LogP contribution in [0.4, 0.5) is 5.69 Å². The SMILES string of the molecule is CC1(NCc2cccc([N+](=O)[O-])c2Br)CCC1. The monoisotopic (exact) mass is 298 g/mol. The molecule has 1 aliphatic carbocycles. The summed E-state index contributed by atoms with van der Waals surface area (Å²) in [6.45, 7) is 2.86. The Morgan fingerprint density at radius 1 is 1.53 bits per heavy atom. The molecule has 0 amide bonds. The molecule has 5 heteroatoms. The summed E-state index contributed by atoms with van der Waals surface area (Å²) in [5.74, 6) is 0. The molecule has 0 radical (unpaired) electrons. The van der Waals surface area contributed by atoms with Gasteiger partial charge in [0, 0.05) is 18.2 Å². The lowest BCUT2D eigenvalue weighted by molar-refractivity contribution is -0.385. The summed E-state index contributed by atoms with van der Waals surface area (Å²) in [5, 5.41) is 14.3. The van der Waals surface area contributed by atoms with Crippen LogP contribution in [0.3, 0.4) is 0 Å². The van der Waals surface area contributed by atoms with Crippen molar-refractivity contribution < 1.29 is 4.92 Å². The Labute approximate surface area is 109 Å². The zero-order valence-corrected chi connectivity index (χ0v) is 11.3. The van der Waals surface area contributed by atoms with Crippen LogP contribution < -0.4 is 5.32 Å². The summed E-state index contributed by atoms with van der Waals surface area (Å²) in [5.41, 5.74) is 1.28. The standard InChI is InChI=1S/C12H15BrN2O2/c1-12(6-3-7-12)14-8-9-4-2-5-10(11(9)13)15(16)17/h2,4-5,14H,3,6-8H2,1H3. The molecule has 0 saturated heterocycles. The van der Waals surface area contributed by atoms with Crippen molar-refractivity contribution in [3.8, 4) is 0 Å². The first-order chi connectivity index (χ1) is 8.02. The van der Waals surface area contributed by atoms with E-state index in [2.05, 4.69) is 28.2 Å². The molecule has 0 spiro atoms. The highest BCUT2D eigenvalue weighted by atomic mass is 79.9. The molecule has 0 bridgehead atoms. The lowest BCUT2D eigenvalue weighted by atomic mass is 9.78. The number of hydrogen-bond donors (Lipinski definition) is 1. The Kier molecular flexibility index (Phi) is 3.49. The van der Waals surface area contributed by atoms with E-state index in [9.17, 15) is 10.1 Å². The third kappa shape index (κ3) is 2.66. The van der Waals surface area contributed by atoms with Gasteiger partial charge >= 0.3 is 0 Å². The average Bonchev–Trinajstić information content (AvgIpc) is 2.25. The Morgan fingerprint density at radius 2 is 2.24 bits per heavy atom. The molecule has 92 valence electrons. The third-order valence-electron chi connectivity index (χ3n) is 3.42. The predicted molar refractivity (Wildman–Crippen MR) is 69.9 cm³/mol. The quantitative estimate of drug-likeness (QED) is 0.685. The number of rotatable bonds is 4. The van der Waals surface area contributed by atoms with Gasteiger partial charge in [-0.25, -0.2) is 0 Å². The van der Waals surface area contributed by atoms with Gasteiger partial charge in [-0.15, -0.1) is 0 Å². The maximum atomic E-state index is 10.8. The fourth-order valence-corrected chi connectivity index (χ4v) is 2.59. The molecular formula is C12H15BrN2O2. The molecule has 17 heavy (non-hydrogen) atoms. The summed E-state index contributed by atoms with van der Waals surface area (Å²) in [6, 6.07) is 5.15. The largest absolute Gasteiger partial charge is 0.307 e. The van der Waals surface area contributed by atoms with Gasteiger partial charge in [0.15, 0.2) is 0 Å². The van der Waals surface area contributed by atoms with Crippen molar-refractivity contribution in [1.29, 1.82) is 0 Å². The van der Waals surface area contributed by atoms with Gasteiger partial charge < -0.3 is 5.32 Å². The van der Waals surface area contributed by atoms with Crippen molar-refractivity contribution in [2.45, 2.75) is 38.3 Å². The molecule has 1 aromatic rings. The van der Waals surface area contributed by atoms with E-state index < -0.39 is 0 Å². The van der Waals surface area contributed by atoms with Crippen LogP contribution in [0.2, 0.25) is 0 Å². The van der Waals surface area contributed by atoms with E-state index in [-0.39, 0.29) is 16.1 Å². The second kappa shape index (κ2) is 4.74. The number of nitro groups is 1. The highest BCUT2D eigenvalue weighted by Crippen LogP contribution is 2.33. The molecule has 1 aliphatic rings. The normalized spacial score (nSPS) is 17.5. The van der Waals surface area contributed by atoms with Gasteiger partial charge in [0.25, 0.3) is 5.69 Å². The van der Waals surface area contributed by atoms with Crippen LogP contribution in [-0.2, 0) is 6.54 Å². The predicted octanol–water partition coefficient (Wildman–Crippen LogP) is 3.39. The van der Waals surface area contributed by atoms with Crippen LogP contribution in [0, 0.1) is 10.1 Å². The minimum absolute atomic E-state index is 0.128. The van der Waals surface area contributed by atoms with Crippen molar-refractivity contribution in [3.05, 3.63) is 38.3 Å². The lowest BCUT2D eigenvalue weighted by Crippen LogP contribution is -2.47. The number of hydrogen-bond acceptors (Lipinski definition) is 3. The van der Waals surface area contributed by atoms with Crippen LogP contribution in [0.15, 0.2) is 22.7 Å². The molecular weight excluding hydrogens is 284 g/mol. The molecule has 0 aromatic heterocycles. The van der Waals surface area contributed by atoms with Crippen molar-refractivity contribution in [3.63, 3.8) is 0 Å². The molecule has 0 unspecified atom stereocenters. The number of benzene rings is 1. The molecule has 1 fully saturated rings. The van der Waals surface area contributed by atoms with Crippen molar-refractivity contribution >= 4 is 21.6 Å². The summed E-state index contributed by atoms with van der Waals surface area (Å²) in [6.07, 6.45) is 3.62. The molecule has 4 nitrogen and oxygen atoms in total. The van der Waals surface area contributed by atoms with Crippen LogP contribution in [0.25, 0.3) is 0 Å². The van der Waals surface area contributed by atoms with Gasteiger partial charge in [-0.2, -0.15) is 0 Å². The first-order valence-corrected chi connectivity index (χ1v) is 6.48. The molecule has 2 rings (SSSR count). The van der Waals surface area contributed by atoms with Crippen molar-refractivity contribution in [1.82, 2.24) is 5.32 Å². The minimum Gasteiger partial charge on any atom is -0.307 e. The maximum Gasteiger partial charge on any atom is 0.283 e. The summed E-state index contributed by atoms with van der Waals surface area (Å²) in [4.78, 5) is 10.4. The topological polar surface area (TPSA) is 55.2 Å². The molecule has 1 aromatic carbocycles. The molecule has 1 saturated carbocycles. The van der Waals surface area contributed by atoms with E-state index in [1.807, 2.05) is 6.07 Å². The van der Waals surface area contributed by atoms with Crippen LogP contribution >= 0.6 is 15.9 Å². The summed E-state index contributed by atoms with van der Waals surface area (Å²) >= 11 is 3.31. The number of nitrogens with one attached hydrogen (secondary N) is 1. The zero-order chi connectivity index (χ0) is 12.5. The van der Waals surface area contributed by atoms with Crippen LogP contribution in [0.5, 0.6) is 0 Å². The van der Waals surface area contributed by atoms with Crippen molar-refractivity contribution in [2.75, 3.05) is 0 Å². The average molecular weight is 299 g/mol. The van der Waals surface area contributed by atoms with Gasteiger partial charge in [0.1, 0.15) is 0 Å². The van der Waals surface area contributed by atoms with Crippen LogP contribution in [0.1, 0.15) is 31.7 Å². The highest BCUT2D eigenvalue weighted by molar-refractivity contribution is 9.10. The van der Waals surface area contributed by atoms with Gasteiger partial charge in [-0.1, -0.05) is 12.1 Å². The highest BCUT2D eigenvalue weighted by Gasteiger charge is 2.31. The number of halogens is 1. The van der Waals surface area contributed by atoms with E-state index in [0.717, 1.165) is 5.56 Å². The van der Waals surface area contributed by atoms with E-state index in [0.29, 0.717) is 11.0 Å². The van der Waals surface area contributed by atoms with Crippen molar-refractivity contribution in [2.24, 2.45) is 0 Å². The fraction of sp³-hybridized carbons (Fsp3) is 0.500. The van der Waals surface area contributed by atoms with E-state index in [1.54, 1.807) is 6.07 Å². The zero-order valence-electron chi connectivity index (χ0n) is 9.70. The van der Waals surface area contributed by atoms with Crippen LogP contribution in [-0.4, -0.2) is 10.5 Å². The van der Waals surface area contributed by atoms with Gasteiger partial charge in [0.2, 0.25) is 0 Å². The number of nitro benzene ring substituents is 1. The van der Waals surface area contributed by atoms with Gasteiger partial charge in [0.05, 0.1) is 9.40 Å². The van der Waals surface area contributed by atoms with E-state index >= 15 is 0 Å². The Hall–Kier alpha value is -0.940. The van der Waals surface area contributed by atoms with Gasteiger partial charge in [-0.3, -0.25) is 10.1 Å². The molecule has 0 atom stereocenters. The fourth-order valence-electron chi connectivity index (χ4n) is 2.04. The molecule has 1 N–H and O–H groups in total. The second-order valence-electron chi connectivity index (χ2n) is 4.78. The van der Waals surface area contributed by atoms with E-state index in [1.165, 1.54) is 25.3 Å². The lowest BCUT2D eigenvalue weighted by Gasteiger charge is -2.39. The molecule has 0 heterocycles. The van der Waals surface area contributed by atoms with E-state index in [4.69, 9.17) is 0 Å². The third-order valence-corrected chi connectivity index (χ3v) is 4.33. The summed E-state index contributed by atoms with van der Waals surface area (Å²) < 4.78 is 0.584. The first-order valence-electron chi connectivity index (χ1n) is 5.69. The second-order valence-corrected chi connectivity index (χ2v) is 5.57. The Balaban J connectivity index is 2.10. The van der Waals surface area contributed by atoms with Gasteiger partial charge in [-0.05, 0) is 47.7 Å². The summed E-state index contributed by atoms with van der Waals surface area (Å²) in [7, 11) is 0. The Bertz CT molecular complexity index is 444. The number of nitrogens with zero attached hydrogens (tertiary/aromatic N) is 1. The smallest absolute Gasteiger partial charge is 0.283 e. The molecule has 0 aliphatic heterocycles. The minimum atomic E-state index is -0.362. The Morgan fingerprint density at radius 3 is 2.76 bits per heavy atom. The first kappa shape index (κ1) is 12.5.